The number of nitrogens with zero attached hydrogens (tertiary/aromatic N) is 2. The number of thioether (sulfide) groups is 1. The van der Waals surface area contributed by atoms with E-state index in [9.17, 15) is 9.59 Å². The largest absolute Gasteiger partial charge is 0.497 e. The summed E-state index contributed by atoms with van der Waals surface area (Å²) in [6, 6.07) is 7.94. The molecule has 2 aromatic rings. The summed E-state index contributed by atoms with van der Waals surface area (Å²) in [6.45, 7) is 14.0. The molecule has 3 saturated heterocycles. The first-order valence-electron chi connectivity index (χ1n) is 14.2. The standard InChI is InChI=1S/C31H44N4O4S/c1-20(2)29(36)33-13-16-40-15-11-22-19-35-14-10-21(22)17-27(35)28(39-30(37)34-31(3,4)5)24-9-12-32-26-8-7-23(38-6)18-25(24)26/h7-9,12,18,21-22,27-28H,1,10-11,13-17,19H2,2-6H3,(H,33,36)(H,34,37)/t21-,22-,27-,28+/m0/s1. The van der Waals surface area contributed by atoms with E-state index in [0.29, 0.717) is 24.0 Å². The van der Waals surface area contributed by atoms with Gasteiger partial charge in [0.25, 0.3) is 0 Å². The molecule has 1 unspecified atom stereocenters. The molecular formula is C31H44N4O4S. The molecular weight excluding hydrogens is 524 g/mol. The van der Waals surface area contributed by atoms with Gasteiger partial charge in [-0.1, -0.05) is 6.58 Å². The molecule has 1 aromatic carbocycles. The molecule has 40 heavy (non-hydrogen) atoms. The van der Waals surface area contributed by atoms with E-state index in [2.05, 4.69) is 27.1 Å². The number of hydrogen-bond acceptors (Lipinski definition) is 7. The highest BCUT2D eigenvalue weighted by molar-refractivity contribution is 7.99. The summed E-state index contributed by atoms with van der Waals surface area (Å²) in [5.74, 6) is 3.88. The first-order valence-corrected chi connectivity index (χ1v) is 15.4. The van der Waals surface area contributed by atoms with Crippen LogP contribution in [0, 0.1) is 11.8 Å². The van der Waals surface area contributed by atoms with Crippen molar-refractivity contribution in [1.29, 1.82) is 0 Å². The number of benzene rings is 1. The minimum absolute atomic E-state index is 0.0718. The summed E-state index contributed by atoms with van der Waals surface area (Å²) >= 11 is 1.89. The van der Waals surface area contributed by atoms with Crippen LogP contribution in [0.15, 0.2) is 42.6 Å². The fraction of sp³-hybridized carbons (Fsp3) is 0.581. The van der Waals surface area contributed by atoms with Crippen LogP contribution in [-0.4, -0.2) is 71.7 Å². The summed E-state index contributed by atoms with van der Waals surface area (Å²) in [7, 11) is 1.66. The molecule has 8 nitrogen and oxygen atoms in total. The minimum Gasteiger partial charge on any atom is -0.497 e. The fourth-order valence-corrected chi connectivity index (χ4v) is 6.79. The van der Waals surface area contributed by atoms with Gasteiger partial charge in [-0.2, -0.15) is 11.8 Å². The number of nitrogens with one attached hydrogen (secondary N) is 2. The van der Waals surface area contributed by atoms with Crippen molar-refractivity contribution in [1.82, 2.24) is 20.5 Å². The Kier molecular flexibility index (Phi) is 10.0. The molecule has 2 bridgehead atoms. The Morgan fingerprint density at radius 1 is 1.25 bits per heavy atom. The van der Waals surface area contributed by atoms with Gasteiger partial charge in [-0.25, -0.2) is 4.79 Å². The van der Waals surface area contributed by atoms with Gasteiger partial charge >= 0.3 is 6.09 Å². The van der Waals surface area contributed by atoms with Gasteiger partial charge in [0, 0.05) is 47.1 Å². The highest BCUT2D eigenvalue weighted by atomic mass is 32.2. The topological polar surface area (TPSA) is 92.8 Å². The molecule has 218 valence electrons. The molecule has 5 rings (SSSR count). The average molecular weight is 569 g/mol. The van der Waals surface area contributed by atoms with E-state index >= 15 is 0 Å². The van der Waals surface area contributed by atoms with Gasteiger partial charge in [-0.3, -0.25) is 14.7 Å². The van der Waals surface area contributed by atoms with E-state index in [-0.39, 0.29) is 11.9 Å². The first-order chi connectivity index (χ1) is 19.1. The molecule has 4 heterocycles. The van der Waals surface area contributed by atoms with Crippen LogP contribution in [0.3, 0.4) is 0 Å². The third-order valence-corrected chi connectivity index (χ3v) is 8.86. The molecule has 1 aromatic heterocycles. The fourth-order valence-electron chi connectivity index (χ4n) is 5.87. The lowest BCUT2D eigenvalue weighted by Gasteiger charge is -2.52. The van der Waals surface area contributed by atoms with Crippen LogP contribution in [0.4, 0.5) is 4.79 Å². The zero-order valence-corrected chi connectivity index (χ0v) is 25.3. The second kappa shape index (κ2) is 13.3. The van der Waals surface area contributed by atoms with Crippen molar-refractivity contribution in [3.8, 4) is 5.75 Å². The number of aromatic nitrogens is 1. The monoisotopic (exact) mass is 568 g/mol. The molecule has 0 saturated carbocycles. The number of pyridine rings is 1. The molecule has 9 heteroatoms. The molecule has 5 atom stereocenters. The van der Waals surface area contributed by atoms with Gasteiger partial charge in [0.2, 0.25) is 5.91 Å². The maximum Gasteiger partial charge on any atom is 0.408 e. The van der Waals surface area contributed by atoms with E-state index in [0.717, 1.165) is 59.7 Å². The minimum atomic E-state index is -0.421. The predicted octanol–water partition coefficient (Wildman–Crippen LogP) is 5.34. The predicted molar refractivity (Wildman–Crippen MR) is 162 cm³/mol. The molecule has 3 aliphatic rings. The van der Waals surface area contributed by atoms with E-state index in [1.54, 1.807) is 20.2 Å². The molecule has 0 spiro atoms. The van der Waals surface area contributed by atoms with E-state index in [4.69, 9.17) is 9.47 Å². The lowest BCUT2D eigenvalue weighted by molar-refractivity contribution is -0.117. The SMILES string of the molecule is C=C(C)C(=O)NCCSCC[C@H]1CN2CC[C@H]1C[C@H]2[C@H](OC(=O)NC(C)(C)C)c1ccnc2ccc(OC)cc12. The van der Waals surface area contributed by atoms with Crippen LogP contribution in [-0.2, 0) is 9.53 Å². The maximum atomic E-state index is 13.1. The number of carbonyl (C=O) groups is 2. The van der Waals surface area contributed by atoms with Crippen molar-refractivity contribution in [2.24, 2.45) is 11.8 Å². The van der Waals surface area contributed by atoms with Gasteiger partial charge in [-0.05, 0) is 95.4 Å². The number of ether oxygens (including phenoxy) is 2. The summed E-state index contributed by atoms with van der Waals surface area (Å²) in [5, 5.41) is 6.84. The third-order valence-electron chi connectivity index (χ3n) is 7.84. The van der Waals surface area contributed by atoms with E-state index in [1.165, 1.54) is 6.42 Å². The number of rotatable bonds is 11. The second-order valence-electron chi connectivity index (χ2n) is 12.0. The van der Waals surface area contributed by atoms with Crippen LogP contribution in [0.5, 0.6) is 5.75 Å². The molecule has 0 aliphatic carbocycles. The first kappa shape index (κ1) is 30.2. The van der Waals surface area contributed by atoms with Crippen LogP contribution >= 0.6 is 11.8 Å². The quantitative estimate of drug-likeness (QED) is 0.279. The van der Waals surface area contributed by atoms with Crippen LogP contribution in [0.1, 0.15) is 58.6 Å². The van der Waals surface area contributed by atoms with Crippen molar-refractivity contribution in [2.45, 2.75) is 64.6 Å². The Balaban J connectivity index is 1.47. The lowest BCUT2D eigenvalue weighted by atomic mass is 9.72. The van der Waals surface area contributed by atoms with Crippen molar-refractivity contribution in [3.05, 3.63) is 48.2 Å². The zero-order valence-electron chi connectivity index (χ0n) is 24.5. The normalized spacial score (nSPS) is 22.9. The number of amides is 2. The number of alkyl carbamates (subject to hydrolysis) is 1. The number of fused-ring (bicyclic) bond motifs is 4. The van der Waals surface area contributed by atoms with E-state index < -0.39 is 17.7 Å². The molecule has 0 radical (unpaired) electrons. The summed E-state index contributed by atoms with van der Waals surface area (Å²) in [4.78, 5) is 31.9. The Morgan fingerprint density at radius 3 is 2.73 bits per heavy atom. The summed E-state index contributed by atoms with van der Waals surface area (Å²) in [6.07, 6.45) is 4.29. The van der Waals surface area contributed by atoms with Gasteiger partial charge in [0.05, 0.1) is 18.7 Å². The molecule has 3 fully saturated rings. The Labute approximate surface area is 242 Å². The summed E-state index contributed by atoms with van der Waals surface area (Å²) in [5.41, 5.74) is 1.97. The third kappa shape index (κ3) is 7.69. The second-order valence-corrected chi connectivity index (χ2v) is 13.3. The van der Waals surface area contributed by atoms with Crippen LogP contribution in [0.25, 0.3) is 10.9 Å². The highest BCUT2D eigenvalue weighted by Gasteiger charge is 2.45. The van der Waals surface area contributed by atoms with Gasteiger partial charge < -0.3 is 20.1 Å². The zero-order chi connectivity index (χ0) is 28.9. The Morgan fingerprint density at radius 2 is 2.05 bits per heavy atom. The van der Waals surface area contributed by atoms with E-state index in [1.807, 2.05) is 56.8 Å². The van der Waals surface area contributed by atoms with Crippen molar-refractivity contribution in [3.63, 3.8) is 0 Å². The maximum absolute atomic E-state index is 13.1. The number of methoxy groups -OCH3 is 1. The Bertz CT molecular complexity index is 1210. The van der Waals surface area contributed by atoms with Crippen molar-refractivity contribution in [2.75, 3.05) is 38.2 Å². The van der Waals surface area contributed by atoms with Crippen molar-refractivity contribution >= 4 is 34.7 Å². The highest BCUT2D eigenvalue weighted by Crippen LogP contribution is 2.44. The number of hydrogen-bond donors (Lipinski definition) is 2. The number of piperidine rings is 3. The van der Waals surface area contributed by atoms with Gasteiger partial charge in [0.1, 0.15) is 11.9 Å². The smallest absolute Gasteiger partial charge is 0.408 e. The lowest BCUT2D eigenvalue weighted by Crippen LogP contribution is -2.56. The summed E-state index contributed by atoms with van der Waals surface area (Å²) < 4.78 is 11.8. The van der Waals surface area contributed by atoms with Crippen molar-refractivity contribution < 1.29 is 19.1 Å². The molecule has 3 aliphatic heterocycles. The molecule has 2 amide bonds. The molecule has 2 N–H and O–H groups in total. The Hall–Kier alpha value is -2.78. The van der Waals surface area contributed by atoms with Crippen LogP contribution in [0.2, 0.25) is 0 Å². The van der Waals surface area contributed by atoms with Crippen LogP contribution < -0.4 is 15.4 Å². The average Bonchev–Trinajstić information content (AvgIpc) is 2.92. The number of carbonyl (C=O) groups excluding carboxylic acids is 2. The van der Waals surface area contributed by atoms with Gasteiger partial charge in [-0.15, -0.1) is 0 Å². The van der Waals surface area contributed by atoms with Gasteiger partial charge in [0.15, 0.2) is 0 Å².